The Morgan fingerprint density at radius 3 is 2.54 bits per heavy atom. The average molecular weight is 376 g/mol. The smallest absolute Gasteiger partial charge is 0.228 e. The van der Waals surface area contributed by atoms with Gasteiger partial charge in [0.05, 0.1) is 12.7 Å². The SMILES string of the molecule is Cc1ccc(NC(=O)C2CC2)cc1NC(=O)Cc1coc2c(C)c(C)ccc12. The van der Waals surface area contributed by atoms with Crippen LogP contribution in [-0.4, -0.2) is 11.8 Å². The van der Waals surface area contributed by atoms with Gasteiger partial charge >= 0.3 is 0 Å². The summed E-state index contributed by atoms with van der Waals surface area (Å²) in [4.78, 5) is 24.6. The van der Waals surface area contributed by atoms with Gasteiger partial charge < -0.3 is 15.1 Å². The highest BCUT2D eigenvalue weighted by molar-refractivity contribution is 5.98. The fraction of sp³-hybridized carbons (Fsp3) is 0.304. The Balaban J connectivity index is 1.49. The molecule has 2 amide bonds. The molecule has 0 radical (unpaired) electrons. The Morgan fingerprint density at radius 1 is 1.04 bits per heavy atom. The molecule has 1 fully saturated rings. The molecule has 0 spiro atoms. The van der Waals surface area contributed by atoms with Crippen LogP contribution in [-0.2, 0) is 16.0 Å². The van der Waals surface area contributed by atoms with Gasteiger partial charge in [-0.25, -0.2) is 0 Å². The van der Waals surface area contributed by atoms with Crippen molar-refractivity contribution in [2.24, 2.45) is 5.92 Å². The monoisotopic (exact) mass is 376 g/mol. The van der Waals surface area contributed by atoms with Gasteiger partial charge in [0, 0.05) is 28.2 Å². The van der Waals surface area contributed by atoms with Gasteiger partial charge in [-0.2, -0.15) is 0 Å². The molecule has 3 aromatic rings. The second-order valence-corrected chi connectivity index (χ2v) is 7.66. The van der Waals surface area contributed by atoms with Crippen molar-refractivity contribution in [3.63, 3.8) is 0 Å². The predicted octanol–water partition coefficient (Wildman–Crippen LogP) is 4.89. The van der Waals surface area contributed by atoms with Crippen LogP contribution < -0.4 is 10.6 Å². The van der Waals surface area contributed by atoms with E-state index in [0.717, 1.165) is 40.5 Å². The van der Waals surface area contributed by atoms with Gasteiger partial charge in [0.1, 0.15) is 5.58 Å². The molecule has 0 atom stereocenters. The van der Waals surface area contributed by atoms with Gasteiger partial charge in [-0.05, 0) is 62.4 Å². The number of amides is 2. The molecular formula is C23H24N2O3. The third-order valence-electron chi connectivity index (χ3n) is 5.42. The van der Waals surface area contributed by atoms with Crippen LogP contribution in [0.15, 0.2) is 41.0 Å². The van der Waals surface area contributed by atoms with Crippen molar-refractivity contribution in [3.05, 3.63) is 58.8 Å². The van der Waals surface area contributed by atoms with Crippen LogP contribution in [0.5, 0.6) is 0 Å². The van der Waals surface area contributed by atoms with Crippen molar-refractivity contribution in [1.82, 2.24) is 0 Å². The molecule has 1 saturated carbocycles. The highest BCUT2D eigenvalue weighted by Crippen LogP contribution is 2.31. The number of fused-ring (bicyclic) bond motifs is 1. The molecule has 1 aromatic heterocycles. The number of hydrogen-bond acceptors (Lipinski definition) is 3. The highest BCUT2D eigenvalue weighted by Gasteiger charge is 2.29. The number of nitrogens with one attached hydrogen (secondary N) is 2. The largest absolute Gasteiger partial charge is 0.464 e. The first-order valence-corrected chi connectivity index (χ1v) is 9.60. The Labute approximate surface area is 164 Å². The molecule has 1 aliphatic rings. The maximum absolute atomic E-state index is 12.6. The Hall–Kier alpha value is -3.08. The van der Waals surface area contributed by atoms with Crippen molar-refractivity contribution in [2.75, 3.05) is 10.6 Å². The van der Waals surface area contributed by atoms with E-state index < -0.39 is 0 Å². The first-order valence-electron chi connectivity index (χ1n) is 9.60. The number of hydrogen-bond donors (Lipinski definition) is 2. The van der Waals surface area contributed by atoms with Crippen molar-refractivity contribution in [3.8, 4) is 0 Å². The lowest BCUT2D eigenvalue weighted by atomic mass is 10.0. The number of anilines is 2. The van der Waals surface area contributed by atoms with Gasteiger partial charge in [-0.15, -0.1) is 0 Å². The fourth-order valence-electron chi connectivity index (χ4n) is 3.32. The van der Waals surface area contributed by atoms with Gasteiger partial charge in [0.2, 0.25) is 11.8 Å². The lowest BCUT2D eigenvalue weighted by Gasteiger charge is -2.11. The summed E-state index contributed by atoms with van der Waals surface area (Å²) in [6.07, 6.45) is 3.81. The van der Waals surface area contributed by atoms with Crippen molar-refractivity contribution >= 4 is 34.2 Å². The molecular weight excluding hydrogens is 352 g/mol. The Bertz CT molecular complexity index is 1080. The van der Waals surface area contributed by atoms with E-state index in [0.29, 0.717) is 11.4 Å². The summed E-state index contributed by atoms with van der Waals surface area (Å²) < 4.78 is 5.70. The fourth-order valence-corrected chi connectivity index (χ4v) is 3.32. The molecule has 5 nitrogen and oxygen atoms in total. The van der Waals surface area contributed by atoms with Crippen molar-refractivity contribution in [2.45, 2.75) is 40.0 Å². The zero-order valence-electron chi connectivity index (χ0n) is 16.4. The van der Waals surface area contributed by atoms with E-state index in [1.807, 2.05) is 51.1 Å². The van der Waals surface area contributed by atoms with Gasteiger partial charge in [-0.3, -0.25) is 9.59 Å². The summed E-state index contributed by atoms with van der Waals surface area (Å²) in [5, 5.41) is 6.86. The van der Waals surface area contributed by atoms with E-state index in [2.05, 4.69) is 10.6 Å². The minimum absolute atomic E-state index is 0.0525. The van der Waals surface area contributed by atoms with Crippen LogP contribution in [0.3, 0.4) is 0 Å². The minimum Gasteiger partial charge on any atom is -0.464 e. The summed E-state index contributed by atoms with van der Waals surface area (Å²) in [6.45, 7) is 6.00. The second kappa shape index (κ2) is 7.15. The predicted molar refractivity (Wildman–Crippen MR) is 111 cm³/mol. The number of benzene rings is 2. The molecule has 4 rings (SSSR count). The van der Waals surface area contributed by atoms with Crippen LogP contribution in [0.25, 0.3) is 11.0 Å². The van der Waals surface area contributed by atoms with Crippen molar-refractivity contribution < 1.29 is 14.0 Å². The third kappa shape index (κ3) is 3.65. The van der Waals surface area contributed by atoms with Crippen LogP contribution in [0.2, 0.25) is 0 Å². The number of carbonyl (C=O) groups is 2. The maximum Gasteiger partial charge on any atom is 0.228 e. The van der Waals surface area contributed by atoms with E-state index in [1.54, 1.807) is 6.26 Å². The van der Waals surface area contributed by atoms with Crippen LogP contribution >= 0.6 is 0 Å². The van der Waals surface area contributed by atoms with E-state index >= 15 is 0 Å². The van der Waals surface area contributed by atoms with E-state index in [-0.39, 0.29) is 24.2 Å². The van der Waals surface area contributed by atoms with Crippen LogP contribution in [0.4, 0.5) is 11.4 Å². The molecule has 0 saturated heterocycles. The molecule has 5 heteroatoms. The molecule has 1 aliphatic carbocycles. The third-order valence-corrected chi connectivity index (χ3v) is 5.42. The molecule has 0 bridgehead atoms. The molecule has 1 heterocycles. The lowest BCUT2D eigenvalue weighted by molar-refractivity contribution is -0.117. The summed E-state index contributed by atoms with van der Waals surface area (Å²) >= 11 is 0. The quantitative estimate of drug-likeness (QED) is 0.666. The first kappa shape index (κ1) is 18.3. The summed E-state index contributed by atoms with van der Waals surface area (Å²) in [6, 6.07) is 9.62. The standard InChI is InChI=1S/C23H24N2O3/c1-13-5-9-19-17(12-28-22(19)15(13)3)10-21(26)25-20-11-18(8-4-14(20)2)24-23(27)16-6-7-16/h4-5,8-9,11-12,16H,6-7,10H2,1-3H3,(H,24,27)(H,25,26). The van der Waals surface area contributed by atoms with Crippen LogP contribution in [0.1, 0.15) is 35.1 Å². The first-order chi connectivity index (χ1) is 13.4. The zero-order chi connectivity index (χ0) is 19.8. The number of carbonyl (C=O) groups excluding carboxylic acids is 2. The maximum atomic E-state index is 12.6. The Morgan fingerprint density at radius 2 is 1.79 bits per heavy atom. The molecule has 0 aliphatic heterocycles. The number of rotatable bonds is 5. The molecule has 28 heavy (non-hydrogen) atoms. The molecule has 0 unspecified atom stereocenters. The topological polar surface area (TPSA) is 71.3 Å². The second-order valence-electron chi connectivity index (χ2n) is 7.66. The Kier molecular flexibility index (Phi) is 4.67. The lowest BCUT2D eigenvalue weighted by Crippen LogP contribution is -2.16. The zero-order valence-corrected chi connectivity index (χ0v) is 16.4. The van der Waals surface area contributed by atoms with Gasteiger partial charge in [0.15, 0.2) is 0 Å². The molecule has 2 N–H and O–H groups in total. The average Bonchev–Trinajstić information content (AvgIpc) is 3.43. The van der Waals surface area contributed by atoms with E-state index in [1.165, 1.54) is 5.56 Å². The highest BCUT2D eigenvalue weighted by atomic mass is 16.3. The van der Waals surface area contributed by atoms with Gasteiger partial charge in [0.25, 0.3) is 0 Å². The number of furan rings is 1. The summed E-state index contributed by atoms with van der Waals surface area (Å²) in [5.41, 5.74) is 6.32. The van der Waals surface area contributed by atoms with Crippen molar-refractivity contribution in [1.29, 1.82) is 0 Å². The van der Waals surface area contributed by atoms with E-state index in [4.69, 9.17) is 4.42 Å². The van der Waals surface area contributed by atoms with Crippen LogP contribution in [0, 0.1) is 26.7 Å². The summed E-state index contributed by atoms with van der Waals surface area (Å²) in [7, 11) is 0. The normalized spacial score (nSPS) is 13.5. The van der Waals surface area contributed by atoms with E-state index in [9.17, 15) is 9.59 Å². The molecule has 144 valence electrons. The number of aryl methyl sites for hydroxylation is 3. The summed E-state index contributed by atoms with van der Waals surface area (Å²) in [5.74, 6) is 0.0761. The minimum atomic E-state index is -0.116. The molecule has 2 aromatic carbocycles. The van der Waals surface area contributed by atoms with Gasteiger partial charge in [-0.1, -0.05) is 18.2 Å².